The summed E-state index contributed by atoms with van der Waals surface area (Å²) >= 11 is 0. The summed E-state index contributed by atoms with van der Waals surface area (Å²) in [4.78, 5) is 12.0. The van der Waals surface area contributed by atoms with Gasteiger partial charge in [0.25, 0.3) is 10.0 Å². The van der Waals surface area contributed by atoms with Crippen molar-refractivity contribution >= 4 is 15.9 Å². The average Bonchev–Trinajstić information content (AvgIpc) is 2.55. The minimum absolute atomic E-state index is 0.0206. The number of para-hydroxylation sites is 1. The average molecular weight is 347 g/mol. The van der Waals surface area contributed by atoms with E-state index in [1.165, 1.54) is 12.1 Å². The third-order valence-electron chi connectivity index (χ3n) is 3.76. The van der Waals surface area contributed by atoms with Crippen molar-refractivity contribution < 1.29 is 17.9 Å². The smallest absolute Gasteiger partial charge is 0.264 e. The Morgan fingerprint density at radius 3 is 2.00 bits per heavy atom. The molecule has 6 heteroatoms. The second kappa shape index (κ2) is 7.49. The van der Waals surface area contributed by atoms with Gasteiger partial charge in [0.2, 0.25) is 5.91 Å². The maximum Gasteiger partial charge on any atom is 0.264 e. The molecule has 0 aliphatic carbocycles. The van der Waals surface area contributed by atoms with Gasteiger partial charge in [0, 0.05) is 5.92 Å². The second-order valence-corrected chi connectivity index (χ2v) is 7.57. The summed E-state index contributed by atoms with van der Waals surface area (Å²) < 4.78 is 32.3. The van der Waals surface area contributed by atoms with Crippen LogP contribution in [0.2, 0.25) is 0 Å². The molecule has 5 nitrogen and oxygen atoms in total. The Hall–Kier alpha value is -2.34. The number of sulfonamides is 1. The molecule has 2 aromatic carbocycles. The molecule has 0 bridgehead atoms. The van der Waals surface area contributed by atoms with Gasteiger partial charge in [-0.05, 0) is 42.3 Å². The normalized spacial score (nSPS) is 12.7. The van der Waals surface area contributed by atoms with E-state index in [0.717, 1.165) is 0 Å². The number of carbonyl (C=O) groups is 1. The molecule has 0 saturated heterocycles. The third kappa shape index (κ3) is 4.58. The van der Waals surface area contributed by atoms with Crippen LogP contribution >= 0.6 is 0 Å². The Kier molecular flexibility index (Phi) is 5.62. The zero-order chi connectivity index (χ0) is 17.7. The Morgan fingerprint density at radius 2 is 1.46 bits per heavy atom. The number of ether oxygens (including phenoxy) is 1. The summed E-state index contributed by atoms with van der Waals surface area (Å²) in [6, 6.07) is 15.1. The van der Waals surface area contributed by atoms with Crippen molar-refractivity contribution in [3.05, 3.63) is 54.6 Å². The number of benzene rings is 2. The van der Waals surface area contributed by atoms with Gasteiger partial charge in [-0.15, -0.1) is 0 Å². The molecule has 0 spiro atoms. The lowest BCUT2D eigenvalue weighted by atomic mass is 9.98. The SMILES string of the molecule is CC(C)C(C)C(=O)NS(=O)(=O)c1ccc(Oc2ccccc2)cc1. The summed E-state index contributed by atoms with van der Waals surface area (Å²) in [6.07, 6.45) is 0. The Morgan fingerprint density at radius 1 is 0.917 bits per heavy atom. The number of hydrogen-bond donors (Lipinski definition) is 1. The fraction of sp³-hybridized carbons (Fsp3) is 0.278. The minimum atomic E-state index is -3.88. The Bertz CT molecular complexity index is 784. The first-order valence-corrected chi connectivity index (χ1v) is 9.17. The lowest BCUT2D eigenvalue weighted by Crippen LogP contribution is -2.36. The fourth-order valence-corrected chi connectivity index (χ4v) is 2.96. The van der Waals surface area contributed by atoms with E-state index in [1.807, 2.05) is 32.0 Å². The molecule has 0 heterocycles. The van der Waals surface area contributed by atoms with E-state index in [-0.39, 0.29) is 16.7 Å². The molecule has 128 valence electrons. The third-order valence-corrected chi connectivity index (χ3v) is 5.12. The maximum atomic E-state index is 12.3. The molecule has 1 atom stereocenters. The number of carbonyl (C=O) groups excluding carboxylic acids is 1. The summed E-state index contributed by atoms with van der Waals surface area (Å²) in [7, 11) is -3.88. The van der Waals surface area contributed by atoms with Crippen LogP contribution in [0.4, 0.5) is 0 Å². The molecule has 1 amide bonds. The number of rotatable bonds is 6. The fourth-order valence-electron chi connectivity index (χ4n) is 1.90. The van der Waals surface area contributed by atoms with Gasteiger partial charge in [0.15, 0.2) is 0 Å². The van der Waals surface area contributed by atoms with Gasteiger partial charge in [-0.25, -0.2) is 13.1 Å². The molecule has 0 aliphatic heterocycles. The second-order valence-electron chi connectivity index (χ2n) is 5.89. The lowest BCUT2D eigenvalue weighted by Gasteiger charge is -2.15. The van der Waals surface area contributed by atoms with Crippen LogP contribution in [0.1, 0.15) is 20.8 Å². The van der Waals surface area contributed by atoms with Crippen molar-refractivity contribution in [3.63, 3.8) is 0 Å². The molecular weight excluding hydrogens is 326 g/mol. The van der Waals surface area contributed by atoms with Crippen molar-refractivity contribution in [3.8, 4) is 11.5 Å². The molecule has 0 fully saturated rings. The summed E-state index contributed by atoms with van der Waals surface area (Å²) in [5, 5.41) is 0. The molecule has 2 rings (SSSR count). The van der Waals surface area contributed by atoms with Crippen LogP contribution < -0.4 is 9.46 Å². The molecule has 1 N–H and O–H groups in total. The molecule has 0 radical (unpaired) electrons. The minimum Gasteiger partial charge on any atom is -0.457 e. The Labute approximate surface area is 142 Å². The standard InChI is InChI=1S/C18H21NO4S/c1-13(2)14(3)18(20)19-24(21,22)17-11-9-16(10-12-17)23-15-7-5-4-6-8-15/h4-14H,1-3H3,(H,19,20). The van der Waals surface area contributed by atoms with Gasteiger partial charge in [-0.1, -0.05) is 39.0 Å². The quantitative estimate of drug-likeness (QED) is 0.867. The van der Waals surface area contributed by atoms with Crippen LogP contribution in [-0.2, 0) is 14.8 Å². The van der Waals surface area contributed by atoms with Gasteiger partial charge in [0.05, 0.1) is 4.90 Å². The van der Waals surface area contributed by atoms with Crippen molar-refractivity contribution in [2.45, 2.75) is 25.7 Å². The number of nitrogens with one attached hydrogen (secondary N) is 1. The molecule has 1 unspecified atom stereocenters. The number of hydrogen-bond acceptors (Lipinski definition) is 4. The Balaban J connectivity index is 2.10. The van der Waals surface area contributed by atoms with Gasteiger partial charge >= 0.3 is 0 Å². The van der Waals surface area contributed by atoms with Crippen LogP contribution in [-0.4, -0.2) is 14.3 Å². The van der Waals surface area contributed by atoms with Crippen molar-refractivity contribution in [1.82, 2.24) is 4.72 Å². The zero-order valence-electron chi connectivity index (χ0n) is 13.9. The molecule has 0 saturated carbocycles. The van der Waals surface area contributed by atoms with Crippen LogP contribution in [0.5, 0.6) is 11.5 Å². The predicted octanol–water partition coefficient (Wildman–Crippen LogP) is 3.58. The van der Waals surface area contributed by atoms with Crippen molar-refractivity contribution in [2.24, 2.45) is 11.8 Å². The molecular formula is C18H21NO4S. The van der Waals surface area contributed by atoms with Gasteiger partial charge < -0.3 is 4.74 Å². The van der Waals surface area contributed by atoms with Gasteiger partial charge in [-0.3, -0.25) is 4.79 Å². The highest BCUT2D eigenvalue weighted by Crippen LogP contribution is 2.22. The molecule has 24 heavy (non-hydrogen) atoms. The molecule has 0 aliphatic rings. The van der Waals surface area contributed by atoms with Crippen molar-refractivity contribution in [2.75, 3.05) is 0 Å². The number of amides is 1. The first-order chi connectivity index (χ1) is 11.3. The zero-order valence-corrected chi connectivity index (χ0v) is 14.7. The van der Waals surface area contributed by atoms with Crippen molar-refractivity contribution in [1.29, 1.82) is 0 Å². The monoisotopic (exact) mass is 347 g/mol. The highest BCUT2D eigenvalue weighted by atomic mass is 32.2. The largest absolute Gasteiger partial charge is 0.457 e. The highest BCUT2D eigenvalue weighted by Gasteiger charge is 2.23. The molecule has 0 aromatic heterocycles. The van der Waals surface area contributed by atoms with Crippen LogP contribution in [0.25, 0.3) is 0 Å². The lowest BCUT2D eigenvalue weighted by molar-refractivity contribution is -0.123. The first-order valence-electron chi connectivity index (χ1n) is 7.69. The maximum absolute atomic E-state index is 12.3. The van der Waals surface area contributed by atoms with Crippen LogP contribution in [0.15, 0.2) is 59.5 Å². The summed E-state index contributed by atoms with van der Waals surface area (Å²) in [5.74, 6) is 0.339. The highest BCUT2D eigenvalue weighted by molar-refractivity contribution is 7.90. The van der Waals surface area contributed by atoms with E-state index in [1.54, 1.807) is 31.2 Å². The van der Waals surface area contributed by atoms with Crippen LogP contribution in [0.3, 0.4) is 0 Å². The molecule has 2 aromatic rings. The van der Waals surface area contributed by atoms with Crippen LogP contribution in [0, 0.1) is 11.8 Å². The summed E-state index contributed by atoms with van der Waals surface area (Å²) in [6.45, 7) is 5.44. The van der Waals surface area contributed by atoms with E-state index in [9.17, 15) is 13.2 Å². The first kappa shape index (κ1) is 18.0. The predicted molar refractivity (Wildman–Crippen MR) is 92.3 cm³/mol. The van der Waals surface area contributed by atoms with E-state index in [2.05, 4.69) is 4.72 Å². The van der Waals surface area contributed by atoms with E-state index >= 15 is 0 Å². The van der Waals surface area contributed by atoms with Gasteiger partial charge in [-0.2, -0.15) is 0 Å². The van der Waals surface area contributed by atoms with E-state index < -0.39 is 15.9 Å². The topological polar surface area (TPSA) is 72.5 Å². The van der Waals surface area contributed by atoms with E-state index in [4.69, 9.17) is 4.74 Å². The van der Waals surface area contributed by atoms with Gasteiger partial charge in [0.1, 0.15) is 11.5 Å². The summed E-state index contributed by atoms with van der Waals surface area (Å²) in [5.41, 5.74) is 0. The van der Waals surface area contributed by atoms with E-state index in [0.29, 0.717) is 11.5 Å².